The molecule has 27 heavy (non-hydrogen) atoms. The van der Waals surface area contributed by atoms with Crippen LogP contribution >= 0.6 is 11.6 Å². The van der Waals surface area contributed by atoms with Crippen LogP contribution < -0.4 is 15.0 Å². The zero-order valence-corrected chi connectivity index (χ0v) is 14.9. The Morgan fingerprint density at radius 2 is 1.41 bits per heavy atom. The Labute approximate surface area is 161 Å². The molecule has 0 saturated carbocycles. The van der Waals surface area contributed by atoms with Crippen molar-refractivity contribution < 1.29 is 14.3 Å². The Bertz CT molecular complexity index is 973. The van der Waals surface area contributed by atoms with Gasteiger partial charge in [0.05, 0.1) is 5.69 Å². The molecule has 1 fully saturated rings. The quantitative estimate of drug-likeness (QED) is 0.655. The molecule has 1 aliphatic heterocycles. The number of ether oxygens (including phenoxy) is 1. The Morgan fingerprint density at radius 1 is 0.815 bits per heavy atom. The van der Waals surface area contributed by atoms with Crippen LogP contribution in [0.3, 0.4) is 0 Å². The van der Waals surface area contributed by atoms with Crippen LogP contribution in [0.15, 0.2) is 78.9 Å². The summed E-state index contributed by atoms with van der Waals surface area (Å²) in [5.74, 6) is 0.927. The van der Waals surface area contributed by atoms with E-state index in [9.17, 15) is 9.59 Å². The second-order valence-corrected chi connectivity index (χ2v) is 6.45. The van der Waals surface area contributed by atoms with Crippen LogP contribution in [0.5, 0.6) is 11.5 Å². The number of imide groups is 1. The van der Waals surface area contributed by atoms with Crippen LogP contribution in [0.2, 0.25) is 5.02 Å². The maximum absolute atomic E-state index is 12.7. The van der Waals surface area contributed by atoms with E-state index in [4.69, 9.17) is 16.3 Å². The summed E-state index contributed by atoms with van der Waals surface area (Å²) in [6, 6.07) is 21.8. The Hall–Kier alpha value is -3.31. The number of rotatable bonds is 4. The molecule has 0 aliphatic carbocycles. The Kier molecular flexibility index (Phi) is 4.52. The molecule has 0 spiro atoms. The lowest BCUT2D eigenvalue weighted by Gasteiger charge is -2.14. The lowest BCUT2D eigenvalue weighted by atomic mass is 10.1. The van der Waals surface area contributed by atoms with E-state index in [1.54, 1.807) is 48.5 Å². The van der Waals surface area contributed by atoms with E-state index in [1.165, 1.54) is 0 Å². The predicted octanol–water partition coefficient (Wildman–Crippen LogP) is 4.93. The average Bonchev–Trinajstić information content (AvgIpc) is 2.99. The molecule has 0 aromatic heterocycles. The molecule has 1 N–H and O–H groups in total. The summed E-state index contributed by atoms with van der Waals surface area (Å²) in [4.78, 5) is 26.2. The van der Waals surface area contributed by atoms with E-state index in [2.05, 4.69) is 5.32 Å². The molecule has 3 amide bonds. The summed E-state index contributed by atoms with van der Waals surface area (Å²) in [6.45, 7) is 0. The summed E-state index contributed by atoms with van der Waals surface area (Å²) in [6.07, 6.45) is 0. The maximum atomic E-state index is 12.7. The van der Waals surface area contributed by atoms with Crippen molar-refractivity contribution >= 4 is 29.2 Å². The van der Waals surface area contributed by atoms with Crippen molar-refractivity contribution in [2.75, 3.05) is 4.90 Å². The largest absolute Gasteiger partial charge is 0.457 e. The fourth-order valence-electron chi connectivity index (χ4n) is 2.90. The van der Waals surface area contributed by atoms with Crippen molar-refractivity contribution in [2.24, 2.45) is 0 Å². The fourth-order valence-corrected chi connectivity index (χ4v) is 3.02. The van der Waals surface area contributed by atoms with Crippen LogP contribution in [-0.2, 0) is 4.79 Å². The molecule has 3 aromatic rings. The third kappa shape index (κ3) is 3.50. The summed E-state index contributed by atoms with van der Waals surface area (Å²) in [5, 5.41) is 3.35. The van der Waals surface area contributed by atoms with Crippen molar-refractivity contribution in [2.45, 2.75) is 6.04 Å². The molecule has 134 valence electrons. The molecule has 1 atom stereocenters. The first-order valence-corrected chi connectivity index (χ1v) is 8.72. The topological polar surface area (TPSA) is 58.6 Å². The molecular weight excluding hydrogens is 364 g/mol. The standard InChI is InChI=1S/C21H15ClN2O3/c22-15-6-10-17(11-7-15)27-18-12-8-16(9-13-18)24-20(25)19(23-21(24)26)14-4-2-1-3-5-14/h1-13,19H,(H,23,26). The van der Waals surface area contributed by atoms with E-state index in [1.807, 2.05) is 30.3 Å². The van der Waals surface area contributed by atoms with Gasteiger partial charge in [0.25, 0.3) is 5.91 Å². The number of carbonyl (C=O) groups is 2. The highest BCUT2D eigenvalue weighted by Gasteiger charge is 2.39. The number of hydrogen-bond acceptors (Lipinski definition) is 3. The summed E-state index contributed by atoms with van der Waals surface area (Å²) < 4.78 is 5.73. The predicted molar refractivity (Wildman–Crippen MR) is 103 cm³/mol. The van der Waals surface area contributed by atoms with Gasteiger partial charge in [-0.2, -0.15) is 0 Å². The first-order chi connectivity index (χ1) is 13.1. The molecule has 3 aromatic carbocycles. The molecule has 1 heterocycles. The van der Waals surface area contributed by atoms with Gasteiger partial charge in [-0.15, -0.1) is 0 Å². The summed E-state index contributed by atoms with van der Waals surface area (Å²) >= 11 is 5.86. The molecule has 1 saturated heterocycles. The van der Waals surface area contributed by atoms with Crippen LogP contribution in [0.25, 0.3) is 0 Å². The zero-order valence-electron chi connectivity index (χ0n) is 14.1. The molecule has 0 radical (unpaired) electrons. The molecule has 5 nitrogen and oxygen atoms in total. The van der Waals surface area contributed by atoms with Gasteiger partial charge in [-0.1, -0.05) is 41.9 Å². The highest BCUT2D eigenvalue weighted by Crippen LogP contribution is 2.30. The molecule has 1 aliphatic rings. The van der Waals surface area contributed by atoms with Gasteiger partial charge in [0.1, 0.15) is 17.5 Å². The number of anilines is 1. The number of nitrogens with one attached hydrogen (secondary N) is 1. The lowest BCUT2D eigenvalue weighted by molar-refractivity contribution is -0.118. The molecule has 1 unspecified atom stereocenters. The second-order valence-electron chi connectivity index (χ2n) is 6.02. The molecule has 4 rings (SSSR count). The first kappa shape index (κ1) is 17.1. The van der Waals surface area contributed by atoms with E-state index in [-0.39, 0.29) is 5.91 Å². The van der Waals surface area contributed by atoms with E-state index in [0.717, 1.165) is 10.5 Å². The molecule has 0 bridgehead atoms. The van der Waals surface area contributed by atoms with E-state index >= 15 is 0 Å². The third-order valence-electron chi connectivity index (χ3n) is 4.22. The third-order valence-corrected chi connectivity index (χ3v) is 4.47. The van der Waals surface area contributed by atoms with Gasteiger partial charge in [0.2, 0.25) is 0 Å². The number of urea groups is 1. The first-order valence-electron chi connectivity index (χ1n) is 8.35. The maximum Gasteiger partial charge on any atom is 0.329 e. The van der Waals surface area contributed by atoms with Gasteiger partial charge >= 0.3 is 6.03 Å². The second kappa shape index (κ2) is 7.13. The van der Waals surface area contributed by atoms with Gasteiger partial charge in [0, 0.05) is 5.02 Å². The summed E-state index contributed by atoms with van der Waals surface area (Å²) in [5.41, 5.74) is 1.24. The smallest absolute Gasteiger partial charge is 0.329 e. The minimum absolute atomic E-state index is 0.308. The number of carbonyl (C=O) groups excluding carboxylic acids is 2. The number of amides is 3. The highest BCUT2D eigenvalue weighted by molar-refractivity contribution is 6.30. The van der Waals surface area contributed by atoms with Crippen molar-refractivity contribution in [3.63, 3.8) is 0 Å². The minimum atomic E-state index is -0.677. The SMILES string of the molecule is O=C1NC(c2ccccc2)C(=O)N1c1ccc(Oc2ccc(Cl)cc2)cc1. The number of nitrogens with zero attached hydrogens (tertiary/aromatic N) is 1. The number of benzene rings is 3. The Morgan fingerprint density at radius 3 is 2.04 bits per heavy atom. The van der Waals surface area contributed by atoms with Crippen molar-refractivity contribution in [1.82, 2.24) is 5.32 Å². The van der Waals surface area contributed by atoms with Gasteiger partial charge in [0.15, 0.2) is 0 Å². The normalized spacial score (nSPS) is 16.3. The monoisotopic (exact) mass is 378 g/mol. The van der Waals surface area contributed by atoms with E-state index in [0.29, 0.717) is 22.2 Å². The van der Waals surface area contributed by atoms with Gasteiger partial charge in [-0.3, -0.25) is 4.79 Å². The van der Waals surface area contributed by atoms with Crippen LogP contribution in [0.4, 0.5) is 10.5 Å². The van der Waals surface area contributed by atoms with Crippen molar-refractivity contribution in [1.29, 1.82) is 0 Å². The number of halogens is 1. The molecular formula is C21H15ClN2O3. The summed E-state index contributed by atoms with van der Waals surface area (Å²) in [7, 11) is 0. The van der Waals surface area contributed by atoms with Gasteiger partial charge in [-0.25, -0.2) is 9.69 Å². The fraction of sp³-hybridized carbons (Fsp3) is 0.0476. The van der Waals surface area contributed by atoms with Gasteiger partial charge in [-0.05, 0) is 54.1 Å². The van der Waals surface area contributed by atoms with Gasteiger partial charge < -0.3 is 10.1 Å². The zero-order chi connectivity index (χ0) is 18.8. The van der Waals surface area contributed by atoms with Crippen LogP contribution in [0.1, 0.15) is 11.6 Å². The van der Waals surface area contributed by atoms with Crippen molar-refractivity contribution in [3.05, 3.63) is 89.4 Å². The highest BCUT2D eigenvalue weighted by atomic mass is 35.5. The van der Waals surface area contributed by atoms with E-state index < -0.39 is 12.1 Å². The lowest BCUT2D eigenvalue weighted by Crippen LogP contribution is -2.30. The average molecular weight is 379 g/mol. The van der Waals surface area contributed by atoms with Crippen LogP contribution in [0, 0.1) is 0 Å². The van der Waals surface area contributed by atoms with Crippen LogP contribution in [-0.4, -0.2) is 11.9 Å². The minimum Gasteiger partial charge on any atom is -0.457 e. The number of hydrogen-bond donors (Lipinski definition) is 1. The molecule has 6 heteroatoms. The Balaban J connectivity index is 1.52. The van der Waals surface area contributed by atoms with Crippen molar-refractivity contribution in [3.8, 4) is 11.5 Å².